The average molecular weight is 514 g/mol. The van der Waals surface area contributed by atoms with Crippen molar-refractivity contribution in [1.29, 1.82) is 0 Å². The first kappa shape index (κ1) is 30.6. The normalized spacial score (nSPS) is 20.8. The second kappa shape index (κ2) is 13.2. The van der Waals surface area contributed by atoms with Crippen LogP contribution >= 0.6 is 0 Å². The highest BCUT2D eigenvalue weighted by Crippen LogP contribution is 2.31. The van der Waals surface area contributed by atoms with E-state index >= 15 is 0 Å². The van der Waals surface area contributed by atoms with Crippen LogP contribution in [0, 0.1) is 11.3 Å². The Morgan fingerprint density at radius 1 is 1.19 bits per heavy atom. The Hall–Kier alpha value is -2.67. The summed E-state index contributed by atoms with van der Waals surface area (Å²) in [5.41, 5.74) is 1.21. The average Bonchev–Trinajstić information content (AvgIpc) is 2.84. The first-order valence-corrected chi connectivity index (χ1v) is 13.5. The van der Waals surface area contributed by atoms with Crippen molar-refractivity contribution >= 4 is 17.8 Å². The molecular weight excluding hydrogens is 466 g/mol. The minimum Gasteiger partial charge on any atom is -0.463 e. The second-order valence-corrected chi connectivity index (χ2v) is 11.7. The van der Waals surface area contributed by atoms with Gasteiger partial charge in [0.25, 0.3) is 0 Å². The Kier molecular flexibility index (Phi) is 10.9. The number of piperidine rings is 1. The maximum atomic E-state index is 13.9. The minimum absolute atomic E-state index is 0.0609. The number of rotatable bonds is 9. The molecule has 0 aliphatic carbocycles. The summed E-state index contributed by atoms with van der Waals surface area (Å²) in [7, 11) is 3.72. The number of nitrogens with one attached hydrogen (secondary N) is 1. The van der Waals surface area contributed by atoms with Crippen LogP contribution in [0.5, 0.6) is 0 Å². The SMILES string of the molecule is CCOC(=O)C(C)=C[C@H](C(C)C)N(C)C(=O)[C@@H](NC(=O)[C@@H]1C[C@H](c2ccccc2)CCN1C)C(C)(C)C. The topological polar surface area (TPSA) is 79.0 Å². The third-order valence-corrected chi connectivity index (χ3v) is 7.34. The number of amides is 2. The fraction of sp³-hybridized carbons (Fsp3) is 0.633. The van der Waals surface area contributed by atoms with Gasteiger partial charge in [0, 0.05) is 12.6 Å². The zero-order valence-electron chi connectivity index (χ0n) is 24.2. The third-order valence-electron chi connectivity index (χ3n) is 7.34. The van der Waals surface area contributed by atoms with Gasteiger partial charge in [0.1, 0.15) is 6.04 Å². The zero-order chi connectivity index (χ0) is 27.9. The molecule has 1 heterocycles. The minimum atomic E-state index is -0.715. The van der Waals surface area contributed by atoms with Crippen LogP contribution in [-0.2, 0) is 19.1 Å². The van der Waals surface area contributed by atoms with Crippen molar-refractivity contribution in [3.8, 4) is 0 Å². The van der Waals surface area contributed by atoms with Gasteiger partial charge in [-0.3, -0.25) is 14.5 Å². The van der Waals surface area contributed by atoms with Gasteiger partial charge in [0.2, 0.25) is 11.8 Å². The number of carbonyl (C=O) groups excluding carboxylic acids is 3. The number of benzene rings is 1. The molecule has 1 aromatic carbocycles. The molecule has 0 radical (unpaired) electrons. The lowest BCUT2D eigenvalue weighted by Crippen LogP contribution is -2.60. The van der Waals surface area contributed by atoms with Crippen LogP contribution in [-0.4, -0.2) is 73.0 Å². The Balaban J connectivity index is 2.25. The van der Waals surface area contributed by atoms with Crippen LogP contribution in [0.15, 0.2) is 42.0 Å². The molecule has 0 unspecified atom stereocenters. The van der Waals surface area contributed by atoms with Gasteiger partial charge in [0.15, 0.2) is 0 Å². The molecule has 1 fully saturated rings. The Labute approximate surface area is 223 Å². The zero-order valence-corrected chi connectivity index (χ0v) is 24.2. The summed E-state index contributed by atoms with van der Waals surface area (Å²) in [5.74, 6) is -0.315. The van der Waals surface area contributed by atoms with Crippen molar-refractivity contribution in [3.05, 3.63) is 47.5 Å². The van der Waals surface area contributed by atoms with E-state index in [2.05, 4.69) is 22.3 Å². The Bertz CT molecular complexity index is 951. The number of esters is 1. The number of carbonyl (C=O) groups is 3. The first-order valence-electron chi connectivity index (χ1n) is 13.5. The summed E-state index contributed by atoms with van der Waals surface area (Å²) < 4.78 is 5.12. The van der Waals surface area contributed by atoms with Gasteiger partial charge in [0.05, 0.1) is 18.7 Å². The molecular formula is C30H47N3O4. The van der Waals surface area contributed by atoms with E-state index < -0.39 is 11.5 Å². The molecule has 1 saturated heterocycles. The summed E-state index contributed by atoms with van der Waals surface area (Å²) in [6, 6.07) is 8.98. The van der Waals surface area contributed by atoms with Crippen molar-refractivity contribution < 1.29 is 19.1 Å². The van der Waals surface area contributed by atoms with Gasteiger partial charge >= 0.3 is 5.97 Å². The first-order chi connectivity index (χ1) is 17.3. The van der Waals surface area contributed by atoms with Crippen LogP contribution in [0.4, 0.5) is 0 Å². The quantitative estimate of drug-likeness (QED) is 0.391. The number of hydrogen-bond donors (Lipinski definition) is 1. The molecule has 0 bridgehead atoms. The van der Waals surface area contributed by atoms with E-state index in [9.17, 15) is 14.4 Å². The molecule has 4 atom stereocenters. The molecule has 1 aliphatic heterocycles. The van der Waals surface area contributed by atoms with Crippen LogP contribution in [0.25, 0.3) is 0 Å². The third kappa shape index (κ3) is 8.16. The van der Waals surface area contributed by atoms with Crippen LogP contribution in [0.3, 0.4) is 0 Å². The molecule has 1 aliphatic rings. The standard InChI is InChI=1S/C30H47N3O4/c1-10-37-29(36)21(4)18-24(20(2)3)33(9)28(35)26(30(5,6)7)31-27(34)25-19-23(16-17-32(25)8)22-14-12-11-13-15-22/h11-15,18,20,23-26H,10,16-17,19H2,1-9H3,(H,31,34)/t23-,24-,25+,26-/m1/s1. The fourth-order valence-electron chi connectivity index (χ4n) is 4.98. The number of hydrogen-bond acceptors (Lipinski definition) is 5. The predicted molar refractivity (Wildman–Crippen MR) is 148 cm³/mol. The number of ether oxygens (including phenoxy) is 1. The maximum absolute atomic E-state index is 13.9. The summed E-state index contributed by atoms with van der Waals surface area (Å²) in [6.45, 7) is 14.5. The Morgan fingerprint density at radius 2 is 1.81 bits per heavy atom. The molecule has 37 heavy (non-hydrogen) atoms. The lowest BCUT2D eigenvalue weighted by molar-refractivity contribution is -0.142. The van der Waals surface area contributed by atoms with Crippen molar-refractivity contribution in [2.24, 2.45) is 11.3 Å². The van der Waals surface area contributed by atoms with Crippen LogP contribution in [0.1, 0.15) is 72.8 Å². The molecule has 2 amide bonds. The summed E-state index contributed by atoms with van der Waals surface area (Å²) in [4.78, 5) is 43.4. The van der Waals surface area contributed by atoms with E-state index in [1.807, 2.05) is 59.9 Å². The summed E-state index contributed by atoms with van der Waals surface area (Å²) in [6.07, 6.45) is 3.50. The van der Waals surface area contributed by atoms with E-state index in [1.165, 1.54) is 5.56 Å². The molecule has 206 valence electrons. The van der Waals surface area contributed by atoms with Crippen molar-refractivity contribution in [2.75, 3.05) is 27.2 Å². The van der Waals surface area contributed by atoms with E-state index in [1.54, 1.807) is 31.9 Å². The van der Waals surface area contributed by atoms with E-state index in [0.717, 1.165) is 13.0 Å². The lowest BCUT2D eigenvalue weighted by Gasteiger charge is -2.40. The molecule has 2 rings (SSSR count). The number of nitrogens with zero attached hydrogens (tertiary/aromatic N) is 2. The maximum Gasteiger partial charge on any atom is 0.333 e. The van der Waals surface area contributed by atoms with Gasteiger partial charge in [-0.05, 0) is 63.1 Å². The van der Waals surface area contributed by atoms with Gasteiger partial charge < -0.3 is 15.0 Å². The van der Waals surface area contributed by atoms with Gasteiger partial charge in [-0.25, -0.2) is 4.79 Å². The number of likely N-dealkylation sites (N-methyl/N-ethyl adjacent to an activating group) is 2. The van der Waals surface area contributed by atoms with Crippen molar-refractivity contribution in [3.63, 3.8) is 0 Å². The summed E-state index contributed by atoms with van der Waals surface area (Å²) in [5, 5.41) is 3.12. The molecule has 0 saturated carbocycles. The Morgan fingerprint density at radius 3 is 2.35 bits per heavy atom. The van der Waals surface area contributed by atoms with Crippen molar-refractivity contribution in [1.82, 2.24) is 15.1 Å². The van der Waals surface area contributed by atoms with Crippen molar-refractivity contribution in [2.45, 2.75) is 85.4 Å². The van der Waals surface area contributed by atoms with Gasteiger partial charge in [-0.2, -0.15) is 0 Å². The van der Waals surface area contributed by atoms with E-state index in [4.69, 9.17) is 4.74 Å². The van der Waals surface area contributed by atoms with E-state index in [0.29, 0.717) is 24.5 Å². The molecule has 7 nitrogen and oxygen atoms in total. The molecule has 1 N–H and O–H groups in total. The highest BCUT2D eigenvalue weighted by Gasteiger charge is 2.40. The lowest BCUT2D eigenvalue weighted by atomic mass is 9.83. The predicted octanol–water partition coefficient (Wildman–Crippen LogP) is 4.39. The highest BCUT2D eigenvalue weighted by atomic mass is 16.5. The fourth-order valence-corrected chi connectivity index (χ4v) is 4.98. The molecule has 0 spiro atoms. The number of likely N-dealkylation sites (tertiary alicyclic amines) is 1. The summed E-state index contributed by atoms with van der Waals surface area (Å²) >= 11 is 0. The van der Waals surface area contributed by atoms with E-state index in [-0.39, 0.29) is 35.8 Å². The molecule has 0 aromatic heterocycles. The largest absolute Gasteiger partial charge is 0.463 e. The van der Waals surface area contributed by atoms with Crippen LogP contribution in [0.2, 0.25) is 0 Å². The molecule has 7 heteroatoms. The smallest absolute Gasteiger partial charge is 0.333 e. The second-order valence-electron chi connectivity index (χ2n) is 11.7. The van der Waals surface area contributed by atoms with Crippen LogP contribution < -0.4 is 5.32 Å². The van der Waals surface area contributed by atoms with Gasteiger partial charge in [-0.15, -0.1) is 0 Å². The highest BCUT2D eigenvalue weighted by molar-refractivity contribution is 5.91. The van der Waals surface area contributed by atoms with Gasteiger partial charge in [-0.1, -0.05) is 71.0 Å². The monoisotopic (exact) mass is 513 g/mol. The molecule has 1 aromatic rings.